The van der Waals surface area contributed by atoms with Crippen molar-refractivity contribution in [2.75, 3.05) is 5.32 Å². The number of halogens is 4. The third-order valence-corrected chi connectivity index (χ3v) is 4.42. The lowest BCUT2D eigenvalue weighted by atomic mass is 10.1. The molecule has 0 aromatic heterocycles. The predicted octanol–water partition coefficient (Wildman–Crippen LogP) is 5.10. The van der Waals surface area contributed by atoms with Gasteiger partial charge in [-0.25, -0.2) is 8.78 Å². The van der Waals surface area contributed by atoms with E-state index < -0.39 is 11.6 Å². The van der Waals surface area contributed by atoms with Crippen LogP contribution in [-0.2, 0) is 13.0 Å². The average Bonchev–Trinajstić information content (AvgIpc) is 2.48. The average molecular weight is 467 g/mol. The molecule has 6 heteroatoms. The normalized spacial score (nSPS) is 10.8. The third kappa shape index (κ3) is 3.54. The Balaban J connectivity index is 2.51. The van der Waals surface area contributed by atoms with Crippen LogP contribution in [0.2, 0.25) is 0 Å². The van der Waals surface area contributed by atoms with Crippen LogP contribution in [-0.4, -0.2) is 0 Å². The van der Waals surface area contributed by atoms with Gasteiger partial charge in [0.2, 0.25) is 0 Å². The number of rotatable bonds is 4. The van der Waals surface area contributed by atoms with Crippen LogP contribution in [0.25, 0.3) is 0 Å². The molecule has 0 radical (unpaired) electrons. The lowest BCUT2D eigenvalue weighted by Crippen LogP contribution is -2.07. The molecule has 0 saturated carbocycles. The van der Waals surface area contributed by atoms with Crippen molar-refractivity contribution in [1.29, 1.82) is 0 Å². The first-order valence-corrected chi connectivity index (χ1v) is 8.27. The van der Waals surface area contributed by atoms with Gasteiger partial charge in [-0.15, -0.1) is 0 Å². The molecule has 0 saturated heterocycles. The summed E-state index contributed by atoms with van der Waals surface area (Å²) >= 11 is 5.21. The molecule has 0 heterocycles. The fourth-order valence-electron chi connectivity index (χ4n) is 2.05. The lowest BCUT2D eigenvalue weighted by molar-refractivity contribution is 0.506. The second kappa shape index (κ2) is 7.02. The summed E-state index contributed by atoms with van der Waals surface area (Å²) in [5.41, 5.74) is 8.04. The largest absolute Gasteiger partial charge is 0.353 e. The monoisotopic (exact) mass is 466 g/mol. The fourth-order valence-corrected chi connectivity index (χ4v) is 3.06. The van der Waals surface area contributed by atoms with Gasteiger partial charge in [-0.3, -0.25) is 0 Å². The van der Waals surface area contributed by atoms with Gasteiger partial charge in [-0.1, -0.05) is 6.92 Å². The summed E-state index contributed by atoms with van der Waals surface area (Å²) in [7, 11) is 0. The Morgan fingerprint density at radius 3 is 2.52 bits per heavy atom. The molecule has 112 valence electrons. The lowest BCUT2D eigenvalue weighted by Gasteiger charge is -2.16. The predicted molar refractivity (Wildman–Crippen MR) is 93.8 cm³/mol. The summed E-state index contributed by atoms with van der Waals surface area (Å²) < 4.78 is 29.1. The summed E-state index contributed by atoms with van der Waals surface area (Å²) in [5.74, 6) is -1.84. The van der Waals surface area contributed by atoms with E-state index in [0.29, 0.717) is 5.56 Å². The molecule has 2 aromatic rings. The standard InChI is InChI=1S/C15H14BrF2IN2/c1-2-8-5-10(19)3-4-12(8)21-15-9(7-20)6-11(16)13(17)14(15)18/h3-6,21H,2,7,20H2,1H3. The molecule has 2 nitrogen and oxygen atoms in total. The molecule has 2 aromatic carbocycles. The van der Waals surface area contributed by atoms with Crippen LogP contribution in [0, 0.1) is 15.2 Å². The van der Waals surface area contributed by atoms with Crippen LogP contribution < -0.4 is 11.1 Å². The van der Waals surface area contributed by atoms with E-state index in [9.17, 15) is 8.78 Å². The van der Waals surface area contributed by atoms with E-state index in [1.165, 1.54) is 6.07 Å². The number of nitrogens with two attached hydrogens (primary N) is 1. The van der Waals surface area contributed by atoms with Crippen molar-refractivity contribution in [2.45, 2.75) is 19.9 Å². The second-order valence-corrected chi connectivity index (χ2v) is 6.60. The first-order chi connectivity index (χ1) is 9.97. The van der Waals surface area contributed by atoms with Crippen LogP contribution >= 0.6 is 38.5 Å². The molecule has 0 aliphatic carbocycles. The second-order valence-electron chi connectivity index (χ2n) is 4.50. The number of nitrogens with one attached hydrogen (secondary N) is 1. The van der Waals surface area contributed by atoms with E-state index in [0.717, 1.165) is 21.2 Å². The SMILES string of the molecule is CCc1cc(I)ccc1Nc1c(CN)cc(Br)c(F)c1F. The molecular formula is C15H14BrF2IN2. The highest BCUT2D eigenvalue weighted by atomic mass is 127. The van der Waals surface area contributed by atoms with E-state index in [1.807, 2.05) is 25.1 Å². The van der Waals surface area contributed by atoms with Crippen LogP contribution in [0.15, 0.2) is 28.7 Å². The van der Waals surface area contributed by atoms with E-state index in [2.05, 4.69) is 43.8 Å². The van der Waals surface area contributed by atoms with Gasteiger partial charge < -0.3 is 11.1 Å². The summed E-state index contributed by atoms with van der Waals surface area (Å²) in [4.78, 5) is 0. The van der Waals surface area contributed by atoms with Gasteiger partial charge in [0.15, 0.2) is 11.6 Å². The van der Waals surface area contributed by atoms with Crippen molar-refractivity contribution in [3.63, 3.8) is 0 Å². The fraction of sp³-hybridized carbons (Fsp3) is 0.200. The van der Waals surface area contributed by atoms with Gasteiger partial charge in [-0.2, -0.15) is 0 Å². The van der Waals surface area contributed by atoms with E-state index in [1.54, 1.807) is 0 Å². The van der Waals surface area contributed by atoms with Crippen LogP contribution in [0.3, 0.4) is 0 Å². The minimum absolute atomic E-state index is 0.0734. The maximum Gasteiger partial charge on any atom is 0.183 e. The first kappa shape index (κ1) is 16.6. The Labute approximate surface area is 144 Å². The molecule has 2 rings (SSSR count). The molecule has 21 heavy (non-hydrogen) atoms. The number of hydrogen-bond donors (Lipinski definition) is 2. The highest BCUT2D eigenvalue weighted by molar-refractivity contribution is 14.1. The number of anilines is 2. The Morgan fingerprint density at radius 1 is 1.19 bits per heavy atom. The molecule has 0 spiro atoms. The zero-order chi connectivity index (χ0) is 15.6. The minimum atomic E-state index is -0.926. The Hall–Kier alpha value is -0.730. The van der Waals surface area contributed by atoms with Gasteiger partial charge >= 0.3 is 0 Å². The van der Waals surface area contributed by atoms with Gasteiger partial charge in [0.25, 0.3) is 0 Å². The molecule has 0 bridgehead atoms. The van der Waals surface area contributed by atoms with E-state index >= 15 is 0 Å². The number of hydrogen-bond acceptors (Lipinski definition) is 2. The zero-order valence-electron chi connectivity index (χ0n) is 11.3. The molecular weight excluding hydrogens is 453 g/mol. The highest BCUT2D eigenvalue weighted by Crippen LogP contribution is 2.32. The topological polar surface area (TPSA) is 38.0 Å². The number of aryl methyl sites for hydroxylation is 1. The number of benzene rings is 2. The molecule has 3 N–H and O–H groups in total. The third-order valence-electron chi connectivity index (χ3n) is 3.17. The summed E-state index contributed by atoms with van der Waals surface area (Å²) in [6, 6.07) is 7.29. The molecule has 0 unspecified atom stereocenters. The van der Waals surface area contributed by atoms with Crippen molar-refractivity contribution in [2.24, 2.45) is 5.73 Å². The van der Waals surface area contributed by atoms with Gasteiger partial charge in [0.1, 0.15) is 0 Å². The van der Waals surface area contributed by atoms with Crippen molar-refractivity contribution in [1.82, 2.24) is 0 Å². The molecule has 0 amide bonds. The van der Waals surface area contributed by atoms with Crippen molar-refractivity contribution >= 4 is 49.9 Å². The zero-order valence-corrected chi connectivity index (χ0v) is 15.1. The molecule has 0 aliphatic heterocycles. The van der Waals surface area contributed by atoms with Crippen LogP contribution in [0.5, 0.6) is 0 Å². The van der Waals surface area contributed by atoms with Gasteiger partial charge in [0, 0.05) is 15.8 Å². The van der Waals surface area contributed by atoms with Crippen LogP contribution in [0.4, 0.5) is 20.2 Å². The summed E-state index contributed by atoms with van der Waals surface area (Å²) in [6.07, 6.45) is 0.789. The Kier molecular flexibility index (Phi) is 5.56. The van der Waals surface area contributed by atoms with Gasteiger partial charge in [0.05, 0.1) is 10.2 Å². The van der Waals surface area contributed by atoms with E-state index in [-0.39, 0.29) is 16.7 Å². The maximum absolute atomic E-state index is 14.2. The molecule has 0 aliphatic rings. The summed E-state index contributed by atoms with van der Waals surface area (Å²) in [6.45, 7) is 2.13. The van der Waals surface area contributed by atoms with Crippen molar-refractivity contribution < 1.29 is 8.78 Å². The smallest absolute Gasteiger partial charge is 0.183 e. The highest BCUT2D eigenvalue weighted by Gasteiger charge is 2.17. The minimum Gasteiger partial charge on any atom is -0.353 e. The van der Waals surface area contributed by atoms with Crippen molar-refractivity contribution in [3.8, 4) is 0 Å². The maximum atomic E-state index is 14.2. The van der Waals surface area contributed by atoms with Crippen molar-refractivity contribution in [3.05, 3.63) is 55.1 Å². The first-order valence-electron chi connectivity index (χ1n) is 6.39. The molecule has 0 atom stereocenters. The van der Waals surface area contributed by atoms with Crippen LogP contribution in [0.1, 0.15) is 18.1 Å². The van der Waals surface area contributed by atoms with E-state index in [4.69, 9.17) is 5.73 Å². The quantitative estimate of drug-likeness (QED) is 0.486. The van der Waals surface area contributed by atoms with Gasteiger partial charge in [-0.05, 0) is 80.3 Å². The molecule has 0 fully saturated rings. The Morgan fingerprint density at radius 2 is 1.90 bits per heavy atom. The Bertz CT molecular complexity index is 677. The summed E-state index contributed by atoms with van der Waals surface area (Å²) in [5, 5.41) is 2.99.